The highest BCUT2D eigenvalue weighted by Crippen LogP contribution is 2.32. The number of fused-ring (bicyclic) bond motifs is 2. The molecule has 0 bridgehead atoms. The molecule has 2 heterocycles. The molecule has 0 fully saturated rings. The van der Waals surface area contributed by atoms with E-state index < -0.39 is 5.97 Å². The second-order valence-corrected chi connectivity index (χ2v) is 5.63. The number of hydrogen-bond donors (Lipinski definition) is 1. The van der Waals surface area contributed by atoms with Crippen LogP contribution in [0.4, 0.5) is 0 Å². The van der Waals surface area contributed by atoms with Gasteiger partial charge in [-0.25, -0.2) is 0 Å². The van der Waals surface area contributed by atoms with E-state index in [1.54, 1.807) is 0 Å². The van der Waals surface area contributed by atoms with Crippen LogP contribution in [0.5, 0.6) is 0 Å². The van der Waals surface area contributed by atoms with Gasteiger partial charge in [-0.2, -0.15) is 0 Å². The predicted octanol–water partition coefficient (Wildman–Crippen LogP) is 2.45. The Kier molecular flexibility index (Phi) is 3.05. The van der Waals surface area contributed by atoms with Crippen LogP contribution in [-0.2, 0) is 31.4 Å². The van der Waals surface area contributed by atoms with E-state index in [0.29, 0.717) is 0 Å². The molecule has 106 valence electrons. The van der Waals surface area contributed by atoms with Gasteiger partial charge < -0.3 is 9.67 Å². The molecule has 1 aromatic heterocycles. The van der Waals surface area contributed by atoms with Crippen molar-refractivity contribution in [3.05, 3.63) is 34.5 Å². The Morgan fingerprint density at radius 2 is 1.95 bits per heavy atom. The third-order valence-electron chi connectivity index (χ3n) is 4.51. The number of benzene rings is 1. The Morgan fingerprint density at radius 1 is 1.30 bits per heavy atom. The molecule has 0 radical (unpaired) electrons. The van der Waals surface area contributed by atoms with E-state index in [1.807, 2.05) is 14.0 Å². The van der Waals surface area contributed by atoms with Crippen molar-refractivity contribution in [2.45, 2.75) is 33.4 Å². The molecule has 0 saturated heterocycles. The maximum atomic E-state index is 11.1. The van der Waals surface area contributed by atoms with E-state index >= 15 is 0 Å². The van der Waals surface area contributed by atoms with Crippen molar-refractivity contribution in [3.8, 4) is 0 Å². The van der Waals surface area contributed by atoms with Gasteiger partial charge in [0, 0.05) is 36.7 Å². The molecule has 0 amide bonds. The van der Waals surface area contributed by atoms with Gasteiger partial charge in [-0.15, -0.1) is 0 Å². The fourth-order valence-corrected chi connectivity index (χ4v) is 3.20. The first-order valence-corrected chi connectivity index (χ1v) is 7.05. The Hall–Kier alpha value is -1.81. The highest BCUT2D eigenvalue weighted by Gasteiger charge is 2.22. The molecule has 1 N–H and O–H groups in total. The number of rotatable bonds is 3. The van der Waals surface area contributed by atoms with Crippen molar-refractivity contribution in [2.24, 2.45) is 7.05 Å². The molecule has 1 aliphatic heterocycles. The lowest BCUT2D eigenvalue weighted by atomic mass is 10.0. The lowest BCUT2D eigenvalue weighted by molar-refractivity contribution is -0.136. The van der Waals surface area contributed by atoms with Gasteiger partial charge in [-0.05, 0) is 42.3 Å². The summed E-state index contributed by atoms with van der Waals surface area (Å²) in [6, 6.07) is 4.43. The second kappa shape index (κ2) is 4.63. The molecular weight excluding hydrogens is 252 g/mol. The number of nitrogens with zero attached hydrogens (tertiary/aromatic N) is 2. The summed E-state index contributed by atoms with van der Waals surface area (Å²) in [5.41, 5.74) is 5.88. The largest absolute Gasteiger partial charge is 0.481 e. The number of carboxylic acids is 1. The van der Waals surface area contributed by atoms with Crippen molar-refractivity contribution >= 4 is 16.9 Å². The molecule has 0 saturated carbocycles. The van der Waals surface area contributed by atoms with Crippen LogP contribution in [0.25, 0.3) is 10.9 Å². The second-order valence-electron chi connectivity index (χ2n) is 5.63. The first-order chi connectivity index (χ1) is 9.51. The van der Waals surface area contributed by atoms with Crippen LogP contribution >= 0.6 is 0 Å². The lowest BCUT2D eigenvalue weighted by Crippen LogP contribution is -2.14. The average Bonchev–Trinajstić information content (AvgIpc) is 2.91. The van der Waals surface area contributed by atoms with Crippen molar-refractivity contribution in [1.82, 2.24) is 9.47 Å². The number of aryl methyl sites for hydroxylation is 1. The van der Waals surface area contributed by atoms with Crippen molar-refractivity contribution in [2.75, 3.05) is 6.54 Å². The maximum Gasteiger partial charge on any atom is 0.307 e. The monoisotopic (exact) mass is 272 g/mol. The maximum absolute atomic E-state index is 11.1. The topological polar surface area (TPSA) is 45.5 Å². The number of aliphatic carboxylic acids is 1. The van der Waals surface area contributed by atoms with E-state index in [2.05, 4.69) is 28.5 Å². The third-order valence-corrected chi connectivity index (χ3v) is 4.51. The van der Waals surface area contributed by atoms with Gasteiger partial charge in [-0.1, -0.05) is 6.92 Å². The van der Waals surface area contributed by atoms with Crippen LogP contribution in [0.15, 0.2) is 12.1 Å². The van der Waals surface area contributed by atoms with E-state index in [4.69, 9.17) is 5.11 Å². The molecule has 1 aromatic carbocycles. The fraction of sp³-hybridized carbons (Fsp3) is 0.438. The summed E-state index contributed by atoms with van der Waals surface area (Å²) in [4.78, 5) is 13.5. The van der Waals surface area contributed by atoms with E-state index in [1.165, 1.54) is 11.1 Å². The summed E-state index contributed by atoms with van der Waals surface area (Å²) in [5, 5.41) is 10.2. The Morgan fingerprint density at radius 3 is 2.55 bits per heavy atom. The smallest absolute Gasteiger partial charge is 0.307 e. The molecule has 0 spiro atoms. The van der Waals surface area contributed by atoms with Gasteiger partial charge in [0.15, 0.2) is 0 Å². The molecule has 20 heavy (non-hydrogen) atoms. The molecule has 0 atom stereocenters. The van der Waals surface area contributed by atoms with Gasteiger partial charge >= 0.3 is 5.97 Å². The summed E-state index contributed by atoms with van der Waals surface area (Å²) in [6.07, 6.45) is 0.0967. The molecule has 1 aliphatic rings. The van der Waals surface area contributed by atoms with Crippen LogP contribution in [0.2, 0.25) is 0 Å². The fourth-order valence-electron chi connectivity index (χ4n) is 3.20. The van der Waals surface area contributed by atoms with E-state index in [0.717, 1.165) is 41.8 Å². The number of hydrogen-bond acceptors (Lipinski definition) is 2. The summed E-state index contributed by atoms with van der Waals surface area (Å²) >= 11 is 0. The molecular formula is C16H20N2O2. The zero-order valence-electron chi connectivity index (χ0n) is 12.2. The normalized spacial score (nSPS) is 14.9. The van der Waals surface area contributed by atoms with Gasteiger partial charge in [0.1, 0.15) is 0 Å². The zero-order chi connectivity index (χ0) is 14.4. The van der Waals surface area contributed by atoms with Crippen LogP contribution < -0.4 is 0 Å². The first-order valence-electron chi connectivity index (χ1n) is 7.05. The summed E-state index contributed by atoms with van der Waals surface area (Å²) < 4.78 is 2.11. The minimum Gasteiger partial charge on any atom is -0.481 e. The Bertz CT molecular complexity index is 700. The Balaban J connectivity index is 2.18. The van der Waals surface area contributed by atoms with E-state index in [9.17, 15) is 4.79 Å². The molecule has 3 rings (SSSR count). The highest BCUT2D eigenvalue weighted by atomic mass is 16.4. The van der Waals surface area contributed by atoms with Crippen molar-refractivity contribution in [1.29, 1.82) is 0 Å². The summed E-state index contributed by atoms with van der Waals surface area (Å²) in [5.74, 6) is -0.767. The lowest BCUT2D eigenvalue weighted by Gasteiger charge is -2.09. The molecule has 4 heteroatoms. The molecule has 0 unspecified atom stereocenters. The van der Waals surface area contributed by atoms with Crippen LogP contribution in [0.1, 0.15) is 29.3 Å². The standard InChI is InChI=1S/C16H20N2O2/c1-4-18-8-11-5-14-13(7-16(19)20)10(2)17(3)15(14)6-12(11)9-18/h5-6H,4,7-9H2,1-3H3,(H,19,20). The third kappa shape index (κ3) is 1.91. The molecule has 4 nitrogen and oxygen atoms in total. The van der Waals surface area contributed by atoms with Crippen LogP contribution in [-0.4, -0.2) is 27.1 Å². The summed E-state index contributed by atoms with van der Waals surface area (Å²) in [6.45, 7) is 7.20. The number of carbonyl (C=O) groups is 1. The minimum absolute atomic E-state index is 0.0967. The zero-order valence-corrected chi connectivity index (χ0v) is 12.2. The quantitative estimate of drug-likeness (QED) is 0.933. The van der Waals surface area contributed by atoms with Gasteiger partial charge in [0.25, 0.3) is 0 Å². The van der Waals surface area contributed by atoms with Crippen molar-refractivity contribution < 1.29 is 9.90 Å². The Labute approximate surface area is 118 Å². The molecule has 0 aliphatic carbocycles. The van der Waals surface area contributed by atoms with Gasteiger partial charge in [-0.3, -0.25) is 9.69 Å². The highest BCUT2D eigenvalue weighted by molar-refractivity contribution is 5.90. The van der Waals surface area contributed by atoms with Gasteiger partial charge in [0.2, 0.25) is 0 Å². The molecule has 2 aromatic rings. The SMILES string of the molecule is CCN1Cc2cc3c(CC(=O)O)c(C)n(C)c3cc2C1. The van der Waals surface area contributed by atoms with Crippen LogP contribution in [0, 0.1) is 6.92 Å². The van der Waals surface area contributed by atoms with Crippen molar-refractivity contribution in [3.63, 3.8) is 0 Å². The average molecular weight is 272 g/mol. The predicted molar refractivity (Wildman–Crippen MR) is 78.8 cm³/mol. The number of carboxylic acid groups (broad SMARTS) is 1. The van der Waals surface area contributed by atoms with Gasteiger partial charge in [0.05, 0.1) is 6.42 Å². The first kappa shape index (κ1) is 13.2. The van der Waals surface area contributed by atoms with E-state index in [-0.39, 0.29) is 6.42 Å². The van der Waals surface area contributed by atoms with Crippen LogP contribution in [0.3, 0.4) is 0 Å². The minimum atomic E-state index is -0.767. The number of aromatic nitrogens is 1. The summed E-state index contributed by atoms with van der Waals surface area (Å²) in [7, 11) is 2.02.